The molecule has 1 aromatic carbocycles. The lowest BCUT2D eigenvalue weighted by Crippen LogP contribution is -2.14. The third-order valence-electron chi connectivity index (χ3n) is 3.47. The number of aryl methyl sites for hydroxylation is 1. The first-order valence-electron chi connectivity index (χ1n) is 6.82. The highest BCUT2D eigenvalue weighted by atomic mass is 32.1. The first-order valence-corrected chi connectivity index (χ1v) is 7.70. The zero-order valence-electron chi connectivity index (χ0n) is 12.0. The minimum absolute atomic E-state index is 0.127. The molecule has 0 amide bonds. The summed E-state index contributed by atoms with van der Waals surface area (Å²) in [5.41, 5.74) is 3.09. The van der Waals surface area contributed by atoms with Crippen molar-refractivity contribution < 1.29 is 0 Å². The first kappa shape index (κ1) is 13.7. The van der Waals surface area contributed by atoms with E-state index in [-0.39, 0.29) is 11.7 Å². The predicted molar refractivity (Wildman–Crippen MR) is 87.5 cm³/mol. The van der Waals surface area contributed by atoms with Gasteiger partial charge in [0, 0.05) is 23.0 Å². The van der Waals surface area contributed by atoms with Gasteiger partial charge in [0.15, 0.2) is 0 Å². The van der Waals surface area contributed by atoms with Gasteiger partial charge in [-0.1, -0.05) is 0 Å². The first-order chi connectivity index (χ1) is 10.1. The number of nitrogens with one attached hydrogen (secondary N) is 2. The van der Waals surface area contributed by atoms with Gasteiger partial charge in [-0.15, -0.1) is 11.3 Å². The van der Waals surface area contributed by atoms with Crippen molar-refractivity contribution in [2.24, 2.45) is 0 Å². The lowest BCUT2D eigenvalue weighted by atomic mass is 10.2. The molecule has 3 aromatic rings. The third-order valence-corrected chi connectivity index (χ3v) is 4.67. The van der Waals surface area contributed by atoms with E-state index in [1.165, 1.54) is 10.4 Å². The number of rotatable bonds is 4. The van der Waals surface area contributed by atoms with Crippen LogP contribution in [0.3, 0.4) is 0 Å². The molecule has 1 unspecified atom stereocenters. The van der Waals surface area contributed by atoms with Gasteiger partial charge < -0.3 is 10.3 Å². The van der Waals surface area contributed by atoms with Gasteiger partial charge in [0.25, 0.3) is 0 Å². The molecule has 0 spiro atoms. The van der Waals surface area contributed by atoms with Crippen LogP contribution in [0.25, 0.3) is 5.69 Å². The molecule has 21 heavy (non-hydrogen) atoms. The quantitative estimate of drug-likeness (QED) is 0.771. The zero-order chi connectivity index (χ0) is 14.8. The number of anilines is 1. The van der Waals surface area contributed by atoms with Gasteiger partial charge in [0.1, 0.15) is 0 Å². The highest BCUT2D eigenvalue weighted by molar-refractivity contribution is 7.10. The summed E-state index contributed by atoms with van der Waals surface area (Å²) in [6, 6.07) is 10.3. The summed E-state index contributed by atoms with van der Waals surface area (Å²) in [5, 5.41) is 5.60. The molecule has 2 aromatic heterocycles. The SMILES string of the molecule is Cc1ccsc1C(C)Nc1ccc(-n2cc[nH]c2=O)cc1. The van der Waals surface area contributed by atoms with Crippen LogP contribution in [-0.2, 0) is 0 Å². The fraction of sp³-hybridized carbons (Fsp3) is 0.188. The lowest BCUT2D eigenvalue weighted by Gasteiger charge is -2.15. The molecule has 0 saturated carbocycles. The summed E-state index contributed by atoms with van der Waals surface area (Å²) in [6.45, 7) is 4.29. The minimum Gasteiger partial charge on any atom is -0.378 e. The normalized spacial score (nSPS) is 12.3. The molecule has 1 atom stereocenters. The van der Waals surface area contributed by atoms with Crippen LogP contribution in [0.15, 0.2) is 52.9 Å². The van der Waals surface area contributed by atoms with E-state index in [1.54, 1.807) is 28.3 Å². The Kier molecular flexibility index (Phi) is 3.66. The van der Waals surface area contributed by atoms with Gasteiger partial charge >= 0.3 is 5.69 Å². The summed E-state index contributed by atoms with van der Waals surface area (Å²) in [7, 11) is 0. The fourth-order valence-corrected chi connectivity index (χ4v) is 3.32. The highest BCUT2D eigenvalue weighted by Gasteiger charge is 2.09. The Morgan fingerprint density at radius 3 is 2.57 bits per heavy atom. The van der Waals surface area contributed by atoms with Gasteiger partial charge in [-0.25, -0.2) is 4.79 Å². The smallest absolute Gasteiger partial charge is 0.330 e. The third kappa shape index (κ3) is 2.78. The Bertz CT molecular complexity index is 782. The number of thiophene rings is 1. The molecule has 5 heteroatoms. The van der Waals surface area contributed by atoms with E-state index < -0.39 is 0 Å². The topological polar surface area (TPSA) is 49.8 Å². The maximum absolute atomic E-state index is 11.6. The van der Waals surface area contributed by atoms with Gasteiger partial charge in [0.2, 0.25) is 0 Å². The number of hydrogen-bond donors (Lipinski definition) is 2. The Morgan fingerprint density at radius 2 is 2.00 bits per heavy atom. The van der Waals surface area contributed by atoms with Crippen LogP contribution in [0.2, 0.25) is 0 Å². The maximum Gasteiger partial charge on any atom is 0.330 e. The standard InChI is InChI=1S/C16H17N3OS/c1-11-7-10-21-15(11)12(2)18-13-3-5-14(6-4-13)19-9-8-17-16(19)20/h3-10,12,18H,1-2H3,(H,17,20). The molecule has 0 aliphatic carbocycles. The second-order valence-electron chi connectivity index (χ2n) is 5.02. The minimum atomic E-state index is -0.127. The molecule has 0 radical (unpaired) electrons. The van der Waals surface area contributed by atoms with Crippen LogP contribution in [0.4, 0.5) is 5.69 Å². The second kappa shape index (κ2) is 5.61. The molecule has 0 fully saturated rings. The Hall–Kier alpha value is -2.27. The number of aromatic nitrogens is 2. The number of H-pyrrole nitrogens is 1. The molecule has 0 bridgehead atoms. The molecule has 3 rings (SSSR count). The van der Waals surface area contributed by atoms with E-state index in [4.69, 9.17) is 0 Å². The van der Waals surface area contributed by atoms with Crippen LogP contribution >= 0.6 is 11.3 Å². The molecular weight excluding hydrogens is 282 g/mol. The monoisotopic (exact) mass is 299 g/mol. The van der Waals surface area contributed by atoms with E-state index in [9.17, 15) is 4.79 Å². The largest absolute Gasteiger partial charge is 0.378 e. The molecule has 4 nitrogen and oxygen atoms in total. The summed E-state index contributed by atoms with van der Waals surface area (Å²) in [6.07, 6.45) is 3.36. The number of hydrogen-bond acceptors (Lipinski definition) is 3. The van der Waals surface area contributed by atoms with E-state index in [1.807, 2.05) is 24.3 Å². The maximum atomic E-state index is 11.6. The number of imidazole rings is 1. The molecule has 0 aliphatic heterocycles. The number of aromatic amines is 1. The van der Waals surface area contributed by atoms with Crippen LogP contribution in [0.1, 0.15) is 23.4 Å². The van der Waals surface area contributed by atoms with Crippen molar-refractivity contribution in [2.75, 3.05) is 5.32 Å². The van der Waals surface area contributed by atoms with Crippen molar-refractivity contribution in [3.05, 3.63) is 69.0 Å². The predicted octanol–water partition coefficient (Wildman–Crippen LogP) is 3.71. The molecule has 2 heterocycles. The van der Waals surface area contributed by atoms with E-state index in [0.29, 0.717) is 0 Å². The number of nitrogens with zero attached hydrogens (tertiary/aromatic N) is 1. The van der Waals surface area contributed by atoms with Crippen molar-refractivity contribution in [3.63, 3.8) is 0 Å². The highest BCUT2D eigenvalue weighted by Crippen LogP contribution is 2.27. The van der Waals surface area contributed by atoms with Crippen molar-refractivity contribution in [1.82, 2.24) is 9.55 Å². The summed E-state index contributed by atoms with van der Waals surface area (Å²) >= 11 is 1.77. The van der Waals surface area contributed by atoms with Crippen LogP contribution < -0.4 is 11.0 Å². The zero-order valence-corrected chi connectivity index (χ0v) is 12.8. The van der Waals surface area contributed by atoms with Crippen molar-refractivity contribution in [1.29, 1.82) is 0 Å². The van der Waals surface area contributed by atoms with Gasteiger partial charge in [-0.05, 0) is 55.1 Å². The van der Waals surface area contributed by atoms with Crippen LogP contribution in [0.5, 0.6) is 0 Å². The van der Waals surface area contributed by atoms with Crippen LogP contribution in [0, 0.1) is 6.92 Å². The number of benzene rings is 1. The average Bonchev–Trinajstić information content (AvgIpc) is 3.08. The molecular formula is C16H17N3OS. The van der Waals surface area contributed by atoms with Gasteiger partial charge in [-0.3, -0.25) is 4.57 Å². The van der Waals surface area contributed by atoms with Crippen molar-refractivity contribution >= 4 is 17.0 Å². The van der Waals surface area contributed by atoms with Crippen LogP contribution in [-0.4, -0.2) is 9.55 Å². The van der Waals surface area contributed by atoms with E-state index in [2.05, 4.69) is 35.6 Å². The molecule has 0 saturated heterocycles. The lowest BCUT2D eigenvalue weighted by molar-refractivity contribution is 0.898. The average molecular weight is 299 g/mol. The molecule has 0 aliphatic rings. The molecule has 108 valence electrons. The summed E-state index contributed by atoms with van der Waals surface area (Å²) in [4.78, 5) is 15.5. The van der Waals surface area contributed by atoms with Crippen molar-refractivity contribution in [2.45, 2.75) is 19.9 Å². The van der Waals surface area contributed by atoms with E-state index >= 15 is 0 Å². The Balaban J connectivity index is 1.78. The Labute approximate surface area is 127 Å². The van der Waals surface area contributed by atoms with E-state index in [0.717, 1.165) is 11.4 Å². The fourth-order valence-electron chi connectivity index (χ4n) is 2.39. The summed E-state index contributed by atoms with van der Waals surface area (Å²) in [5.74, 6) is 0. The van der Waals surface area contributed by atoms with Crippen molar-refractivity contribution in [3.8, 4) is 5.69 Å². The van der Waals surface area contributed by atoms with Gasteiger partial charge in [0.05, 0.1) is 11.7 Å². The Morgan fingerprint density at radius 1 is 1.24 bits per heavy atom. The summed E-state index contributed by atoms with van der Waals surface area (Å²) < 4.78 is 1.58. The van der Waals surface area contributed by atoms with Gasteiger partial charge in [-0.2, -0.15) is 0 Å². The molecule has 2 N–H and O–H groups in total. The second-order valence-corrected chi connectivity index (χ2v) is 5.96.